The first-order chi connectivity index (χ1) is 19.1. The van der Waals surface area contributed by atoms with Crippen LogP contribution in [0.25, 0.3) is 16.6 Å². The highest BCUT2D eigenvalue weighted by atomic mass is 35.5. The van der Waals surface area contributed by atoms with Crippen LogP contribution < -0.4 is 26.6 Å². The molecule has 12 heteroatoms. The van der Waals surface area contributed by atoms with E-state index in [4.69, 9.17) is 27.9 Å². The number of amides is 1. The monoisotopic (exact) mass is 584 g/mol. The van der Waals surface area contributed by atoms with Gasteiger partial charge >= 0.3 is 11.7 Å². The lowest BCUT2D eigenvalue weighted by atomic mass is 10.0. The van der Waals surface area contributed by atoms with Crippen molar-refractivity contribution >= 4 is 46.0 Å². The van der Waals surface area contributed by atoms with E-state index >= 15 is 0 Å². The fourth-order valence-corrected chi connectivity index (χ4v) is 4.76. The maximum Gasteiger partial charge on any atom is 0.335 e. The van der Waals surface area contributed by atoms with E-state index in [1.54, 1.807) is 62.6 Å². The smallest absolute Gasteiger partial charge is 0.335 e. The van der Waals surface area contributed by atoms with E-state index in [9.17, 15) is 24.3 Å². The van der Waals surface area contributed by atoms with Crippen molar-refractivity contribution in [2.45, 2.75) is 12.5 Å². The normalized spacial score (nSPS) is 11.8. The molecule has 3 aromatic carbocycles. The lowest BCUT2D eigenvalue weighted by molar-refractivity contribution is -0.139. The SMILES string of the molecule is CNCCOc1ccc2c(c1)c(=O)n(-c1ccc(C[C@H](NC(=O)c3c(Cl)cccc3Cl)C(=O)O)cc1)c(=O)n2C. The highest BCUT2D eigenvalue weighted by Gasteiger charge is 2.24. The molecule has 4 aromatic rings. The first-order valence-electron chi connectivity index (χ1n) is 12.2. The minimum absolute atomic E-state index is 0.0189. The molecule has 10 nitrogen and oxygen atoms in total. The molecule has 0 saturated heterocycles. The van der Waals surface area contributed by atoms with E-state index in [0.717, 1.165) is 4.57 Å². The number of halogens is 2. The summed E-state index contributed by atoms with van der Waals surface area (Å²) in [5, 5.41) is 15.6. The number of hydrogen-bond donors (Lipinski definition) is 3. The van der Waals surface area contributed by atoms with Crippen LogP contribution in [-0.2, 0) is 18.3 Å². The van der Waals surface area contributed by atoms with Crippen LogP contribution in [0.5, 0.6) is 5.75 Å². The quantitative estimate of drug-likeness (QED) is 0.244. The van der Waals surface area contributed by atoms with Gasteiger partial charge in [-0.15, -0.1) is 0 Å². The number of benzene rings is 3. The molecule has 0 spiro atoms. The van der Waals surface area contributed by atoms with Crippen LogP contribution in [0.2, 0.25) is 10.0 Å². The third-order valence-electron chi connectivity index (χ3n) is 6.29. The zero-order valence-electron chi connectivity index (χ0n) is 21.6. The molecule has 1 amide bonds. The zero-order valence-corrected chi connectivity index (χ0v) is 23.1. The van der Waals surface area contributed by atoms with E-state index in [1.165, 1.54) is 16.7 Å². The number of hydrogen-bond acceptors (Lipinski definition) is 6. The molecule has 0 saturated carbocycles. The molecule has 0 aliphatic carbocycles. The molecule has 4 rings (SSSR count). The molecule has 1 atom stereocenters. The van der Waals surface area contributed by atoms with Gasteiger partial charge < -0.3 is 20.5 Å². The summed E-state index contributed by atoms with van der Waals surface area (Å²) in [5.41, 5.74) is 0.236. The van der Waals surface area contributed by atoms with Crippen LogP contribution in [0, 0.1) is 0 Å². The molecule has 0 radical (unpaired) electrons. The number of ether oxygens (including phenoxy) is 1. The Hall–Kier alpha value is -4.12. The summed E-state index contributed by atoms with van der Waals surface area (Å²) in [4.78, 5) is 51.1. The summed E-state index contributed by atoms with van der Waals surface area (Å²) in [5.74, 6) is -1.48. The minimum atomic E-state index is -1.29. The Bertz CT molecular complexity index is 1680. The Labute approximate surface area is 238 Å². The number of carbonyl (C=O) groups excluding carboxylic acids is 1. The first kappa shape index (κ1) is 28.9. The Morgan fingerprint density at radius 1 is 1.02 bits per heavy atom. The van der Waals surface area contributed by atoms with Crippen LogP contribution in [0.3, 0.4) is 0 Å². The van der Waals surface area contributed by atoms with E-state index in [0.29, 0.717) is 41.1 Å². The topological polar surface area (TPSA) is 132 Å². The molecule has 0 aliphatic heterocycles. The number of aryl methyl sites for hydroxylation is 1. The van der Waals surface area contributed by atoms with Crippen LogP contribution in [0.1, 0.15) is 15.9 Å². The molecule has 0 fully saturated rings. The molecule has 40 heavy (non-hydrogen) atoms. The van der Waals surface area contributed by atoms with Gasteiger partial charge in [0.25, 0.3) is 11.5 Å². The predicted molar refractivity (Wildman–Crippen MR) is 153 cm³/mol. The second-order valence-electron chi connectivity index (χ2n) is 8.94. The van der Waals surface area contributed by atoms with Gasteiger partial charge in [-0.1, -0.05) is 41.4 Å². The van der Waals surface area contributed by atoms with Crippen LogP contribution in [-0.4, -0.2) is 52.4 Å². The molecule has 3 N–H and O–H groups in total. The number of aromatic nitrogens is 2. The summed E-state index contributed by atoms with van der Waals surface area (Å²) >= 11 is 12.2. The van der Waals surface area contributed by atoms with E-state index in [-0.39, 0.29) is 22.0 Å². The second kappa shape index (κ2) is 12.4. The molecule has 208 valence electrons. The summed E-state index contributed by atoms with van der Waals surface area (Å²) in [6.07, 6.45) is -0.0681. The van der Waals surface area contributed by atoms with Crippen molar-refractivity contribution in [1.29, 1.82) is 0 Å². The van der Waals surface area contributed by atoms with E-state index < -0.39 is 29.2 Å². The van der Waals surface area contributed by atoms with Crippen molar-refractivity contribution < 1.29 is 19.4 Å². The molecule has 0 unspecified atom stereocenters. The van der Waals surface area contributed by atoms with Gasteiger partial charge in [0.15, 0.2) is 0 Å². The number of carboxylic acid groups (broad SMARTS) is 1. The van der Waals surface area contributed by atoms with Crippen LogP contribution in [0.4, 0.5) is 0 Å². The van der Waals surface area contributed by atoms with E-state index in [1.807, 2.05) is 0 Å². The number of rotatable bonds is 10. The van der Waals surface area contributed by atoms with E-state index in [2.05, 4.69) is 10.6 Å². The molecule has 0 aliphatic rings. The Morgan fingerprint density at radius 3 is 2.33 bits per heavy atom. The number of aliphatic carboxylic acids is 1. The predicted octanol–water partition coefficient (Wildman–Crippen LogP) is 3.02. The van der Waals surface area contributed by atoms with Crippen molar-refractivity contribution in [1.82, 2.24) is 19.8 Å². The van der Waals surface area contributed by atoms with Gasteiger partial charge in [-0.2, -0.15) is 0 Å². The highest BCUT2D eigenvalue weighted by Crippen LogP contribution is 2.24. The summed E-state index contributed by atoms with van der Waals surface area (Å²) in [6, 6.07) is 14.5. The molecular weight excluding hydrogens is 559 g/mol. The van der Waals surface area contributed by atoms with Gasteiger partial charge in [0, 0.05) is 20.0 Å². The Kier molecular flexibility index (Phi) is 8.93. The Balaban J connectivity index is 1.61. The van der Waals surface area contributed by atoms with Crippen molar-refractivity contribution in [2.75, 3.05) is 20.2 Å². The lowest BCUT2D eigenvalue weighted by Crippen LogP contribution is -2.42. The summed E-state index contributed by atoms with van der Waals surface area (Å²) in [6.45, 7) is 1.04. The number of likely N-dealkylation sites (N-methyl/N-ethyl adjacent to an activating group) is 1. The fraction of sp³-hybridized carbons (Fsp3) is 0.214. The van der Waals surface area contributed by atoms with Gasteiger partial charge in [0.1, 0.15) is 18.4 Å². The van der Waals surface area contributed by atoms with Crippen molar-refractivity contribution in [3.05, 3.63) is 103 Å². The number of fused-ring (bicyclic) bond motifs is 1. The maximum atomic E-state index is 13.4. The molecule has 1 aromatic heterocycles. The van der Waals surface area contributed by atoms with Crippen molar-refractivity contribution in [3.63, 3.8) is 0 Å². The van der Waals surface area contributed by atoms with Gasteiger partial charge in [-0.05, 0) is 55.1 Å². The van der Waals surface area contributed by atoms with Gasteiger partial charge in [0.2, 0.25) is 0 Å². The fourth-order valence-electron chi connectivity index (χ4n) is 4.19. The third kappa shape index (κ3) is 6.04. The summed E-state index contributed by atoms with van der Waals surface area (Å²) in [7, 11) is 3.37. The number of carbonyl (C=O) groups is 2. The number of nitrogens with one attached hydrogen (secondary N) is 2. The average Bonchev–Trinajstić information content (AvgIpc) is 2.92. The number of carboxylic acids is 1. The summed E-state index contributed by atoms with van der Waals surface area (Å²) < 4.78 is 8.09. The Morgan fingerprint density at radius 2 is 1.70 bits per heavy atom. The van der Waals surface area contributed by atoms with Crippen molar-refractivity contribution in [3.8, 4) is 11.4 Å². The standard InChI is InChI=1S/C28H26Cl2N4O6/c1-31-12-13-40-18-10-11-23-19(15-18)26(36)34(28(39)33(23)2)17-8-6-16(7-9-17)14-22(27(37)38)32-25(35)24-20(29)4-3-5-21(24)30/h3-11,15,22,31H,12-14H2,1-2H3,(H,32,35)(H,37,38)/t22-/m0/s1. The van der Waals surface area contributed by atoms with Gasteiger partial charge in [0.05, 0.1) is 32.2 Å². The third-order valence-corrected chi connectivity index (χ3v) is 6.92. The zero-order chi connectivity index (χ0) is 29.0. The molecule has 1 heterocycles. The highest BCUT2D eigenvalue weighted by molar-refractivity contribution is 6.39. The lowest BCUT2D eigenvalue weighted by Gasteiger charge is -2.16. The average molecular weight is 585 g/mol. The second-order valence-corrected chi connectivity index (χ2v) is 9.76. The number of nitrogens with zero attached hydrogens (tertiary/aromatic N) is 2. The molecule has 0 bridgehead atoms. The van der Waals surface area contributed by atoms with Crippen LogP contribution in [0.15, 0.2) is 70.3 Å². The van der Waals surface area contributed by atoms with Crippen LogP contribution >= 0.6 is 23.2 Å². The minimum Gasteiger partial charge on any atom is -0.492 e. The van der Waals surface area contributed by atoms with Gasteiger partial charge in [-0.25, -0.2) is 14.2 Å². The first-order valence-corrected chi connectivity index (χ1v) is 13.0. The molecular formula is C28H26Cl2N4O6. The maximum absolute atomic E-state index is 13.4. The van der Waals surface area contributed by atoms with Gasteiger partial charge in [-0.3, -0.25) is 14.2 Å². The largest absolute Gasteiger partial charge is 0.492 e. The van der Waals surface area contributed by atoms with Crippen molar-refractivity contribution in [2.24, 2.45) is 7.05 Å².